The molecule has 2 heteroatoms. The minimum Gasteiger partial charge on any atom is -0.397 e. The zero-order chi connectivity index (χ0) is 8.53. The minimum atomic E-state index is 0.250. The van der Waals surface area contributed by atoms with Crippen LogP contribution >= 0.6 is 0 Å². The van der Waals surface area contributed by atoms with E-state index in [0.717, 1.165) is 19.1 Å². The zero-order valence-electron chi connectivity index (χ0n) is 7.68. The summed E-state index contributed by atoms with van der Waals surface area (Å²) in [6.07, 6.45) is 4.10. The van der Waals surface area contributed by atoms with E-state index in [-0.39, 0.29) is 6.61 Å². The van der Waals surface area contributed by atoms with Crippen LogP contribution in [0.2, 0.25) is 0 Å². The van der Waals surface area contributed by atoms with Gasteiger partial charge in [0.2, 0.25) is 0 Å². The number of aliphatic hydroxyl groups excluding tert-OH is 1. The summed E-state index contributed by atoms with van der Waals surface area (Å²) in [7, 11) is 0. The van der Waals surface area contributed by atoms with E-state index in [9.17, 15) is 0 Å². The normalized spacial score (nSPS) is 16.6. The first-order valence-electron chi connectivity index (χ1n) is 4.53. The van der Waals surface area contributed by atoms with Gasteiger partial charge in [0.25, 0.3) is 0 Å². The highest BCUT2D eigenvalue weighted by atomic mass is 16.5. The fraction of sp³-hybridized carbons (Fsp3) is 1.00. The Morgan fingerprint density at radius 1 is 1.36 bits per heavy atom. The monoisotopic (exact) mass is 160 g/mol. The van der Waals surface area contributed by atoms with Gasteiger partial charge in [0.15, 0.2) is 0 Å². The molecule has 0 aromatic carbocycles. The van der Waals surface area contributed by atoms with Crippen molar-refractivity contribution in [1.29, 1.82) is 0 Å². The summed E-state index contributed by atoms with van der Waals surface area (Å²) in [4.78, 5) is 0. The summed E-state index contributed by atoms with van der Waals surface area (Å²) in [5.41, 5.74) is 0. The van der Waals surface area contributed by atoms with Crippen LogP contribution in [-0.4, -0.2) is 24.9 Å². The first-order chi connectivity index (χ1) is 5.35. The molecule has 0 aromatic heterocycles. The summed E-state index contributed by atoms with van der Waals surface area (Å²) in [5.74, 6) is 0.912. The lowest BCUT2D eigenvalue weighted by Gasteiger charge is -2.25. The third-order valence-corrected chi connectivity index (χ3v) is 1.67. The van der Waals surface area contributed by atoms with E-state index in [0.29, 0.717) is 0 Å². The number of hydrogen-bond donors (Lipinski definition) is 1. The quantitative estimate of drug-likeness (QED) is 0.682. The Morgan fingerprint density at radius 3 is 2.18 bits per heavy atom. The van der Waals surface area contributed by atoms with Crippen molar-refractivity contribution < 1.29 is 9.84 Å². The van der Waals surface area contributed by atoms with Crippen molar-refractivity contribution in [2.75, 3.05) is 19.8 Å². The largest absolute Gasteiger partial charge is 0.397 e. The Labute approximate surface area is 69.6 Å². The molecule has 1 rings (SSSR count). The molecule has 0 bridgehead atoms. The molecule has 0 atom stereocenters. The van der Waals surface area contributed by atoms with Crippen molar-refractivity contribution in [1.82, 2.24) is 0 Å². The lowest BCUT2D eigenvalue weighted by Crippen LogP contribution is -2.26. The van der Waals surface area contributed by atoms with Gasteiger partial charge in [-0.2, -0.15) is 0 Å². The highest BCUT2D eigenvalue weighted by Gasteiger charge is 2.16. The number of unbranched alkanes of at least 4 members (excludes halogenated alkanes) is 1. The molecule has 0 saturated carbocycles. The van der Waals surface area contributed by atoms with Crippen LogP contribution in [0.4, 0.5) is 0 Å². The molecule has 1 fully saturated rings. The molecule has 68 valence electrons. The lowest BCUT2D eigenvalue weighted by molar-refractivity contribution is -0.0362. The van der Waals surface area contributed by atoms with E-state index in [2.05, 4.69) is 6.92 Å². The first kappa shape index (κ1) is 10.9. The van der Waals surface area contributed by atoms with Gasteiger partial charge < -0.3 is 9.84 Å². The summed E-state index contributed by atoms with van der Waals surface area (Å²) < 4.78 is 5.03. The molecular weight excluding hydrogens is 140 g/mol. The third kappa shape index (κ3) is 6.32. The molecule has 1 saturated heterocycles. The molecule has 2 nitrogen and oxygen atoms in total. The average molecular weight is 160 g/mol. The standard InChI is InChI=1S/C7H14O.C2H6O/c1-2-3-4-7-5-8-6-7;1-2-3/h7H,2-6H2,1H3;3H,2H2,1H3. The molecule has 1 aliphatic heterocycles. The molecule has 0 spiro atoms. The van der Waals surface area contributed by atoms with Crippen molar-refractivity contribution in [2.24, 2.45) is 5.92 Å². The van der Waals surface area contributed by atoms with Crippen LogP contribution < -0.4 is 0 Å². The van der Waals surface area contributed by atoms with Gasteiger partial charge in [0.05, 0.1) is 13.2 Å². The number of hydrogen-bond acceptors (Lipinski definition) is 2. The van der Waals surface area contributed by atoms with Crippen LogP contribution in [0.15, 0.2) is 0 Å². The van der Waals surface area contributed by atoms with Crippen molar-refractivity contribution in [3.8, 4) is 0 Å². The Bertz CT molecular complexity index is 70.0. The van der Waals surface area contributed by atoms with Gasteiger partial charge in [-0.25, -0.2) is 0 Å². The van der Waals surface area contributed by atoms with Crippen molar-refractivity contribution in [2.45, 2.75) is 33.1 Å². The Kier molecular flexibility index (Phi) is 7.96. The Balaban J connectivity index is 0.000000292. The van der Waals surface area contributed by atoms with E-state index in [1.54, 1.807) is 6.92 Å². The van der Waals surface area contributed by atoms with E-state index in [1.165, 1.54) is 19.3 Å². The predicted molar refractivity (Wildman–Crippen MR) is 46.6 cm³/mol. The fourth-order valence-corrected chi connectivity index (χ4v) is 0.944. The van der Waals surface area contributed by atoms with Gasteiger partial charge in [-0.15, -0.1) is 0 Å². The van der Waals surface area contributed by atoms with Gasteiger partial charge >= 0.3 is 0 Å². The smallest absolute Gasteiger partial charge is 0.0516 e. The molecule has 0 radical (unpaired) electrons. The molecule has 0 unspecified atom stereocenters. The SMILES string of the molecule is CCCCC1COC1.CCO. The van der Waals surface area contributed by atoms with E-state index >= 15 is 0 Å². The number of aliphatic hydroxyl groups is 1. The summed E-state index contributed by atoms with van der Waals surface area (Å²) in [6.45, 7) is 6.22. The summed E-state index contributed by atoms with van der Waals surface area (Å²) in [5, 5.41) is 7.57. The zero-order valence-corrected chi connectivity index (χ0v) is 7.68. The van der Waals surface area contributed by atoms with Gasteiger partial charge in [-0.3, -0.25) is 0 Å². The van der Waals surface area contributed by atoms with Crippen molar-refractivity contribution in [3.63, 3.8) is 0 Å². The molecular formula is C9H20O2. The van der Waals surface area contributed by atoms with Crippen molar-refractivity contribution >= 4 is 0 Å². The molecule has 11 heavy (non-hydrogen) atoms. The van der Waals surface area contributed by atoms with Crippen LogP contribution in [-0.2, 0) is 4.74 Å². The maximum absolute atomic E-state index is 7.57. The first-order valence-corrected chi connectivity index (χ1v) is 4.53. The predicted octanol–water partition coefficient (Wildman–Crippen LogP) is 1.82. The number of ether oxygens (including phenoxy) is 1. The Hall–Kier alpha value is -0.0800. The highest BCUT2D eigenvalue weighted by Crippen LogP contribution is 2.16. The van der Waals surface area contributed by atoms with Crippen molar-refractivity contribution in [3.05, 3.63) is 0 Å². The second kappa shape index (κ2) is 8.02. The summed E-state index contributed by atoms with van der Waals surface area (Å²) in [6, 6.07) is 0. The summed E-state index contributed by atoms with van der Waals surface area (Å²) >= 11 is 0. The van der Waals surface area contributed by atoms with Gasteiger partial charge in [0, 0.05) is 12.5 Å². The van der Waals surface area contributed by atoms with Crippen LogP contribution in [0.5, 0.6) is 0 Å². The second-order valence-corrected chi connectivity index (χ2v) is 2.86. The number of rotatable bonds is 3. The second-order valence-electron chi connectivity index (χ2n) is 2.86. The van der Waals surface area contributed by atoms with E-state index in [4.69, 9.17) is 9.84 Å². The van der Waals surface area contributed by atoms with Crippen LogP contribution in [0.25, 0.3) is 0 Å². The van der Waals surface area contributed by atoms with Crippen LogP contribution in [0.1, 0.15) is 33.1 Å². The van der Waals surface area contributed by atoms with E-state index in [1.807, 2.05) is 0 Å². The minimum absolute atomic E-state index is 0.250. The molecule has 1 aliphatic rings. The molecule has 0 aliphatic carbocycles. The van der Waals surface area contributed by atoms with Crippen LogP contribution in [0.3, 0.4) is 0 Å². The maximum Gasteiger partial charge on any atom is 0.0516 e. The fourth-order valence-electron chi connectivity index (χ4n) is 0.944. The molecule has 0 amide bonds. The molecule has 1 heterocycles. The van der Waals surface area contributed by atoms with Crippen LogP contribution in [0, 0.1) is 5.92 Å². The lowest BCUT2D eigenvalue weighted by atomic mass is 10.0. The maximum atomic E-state index is 7.57. The topological polar surface area (TPSA) is 29.5 Å². The Morgan fingerprint density at radius 2 is 1.91 bits per heavy atom. The van der Waals surface area contributed by atoms with Gasteiger partial charge in [-0.1, -0.05) is 19.8 Å². The van der Waals surface area contributed by atoms with Gasteiger partial charge in [-0.05, 0) is 13.3 Å². The third-order valence-electron chi connectivity index (χ3n) is 1.67. The van der Waals surface area contributed by atoms with E-state index < -0.39 is 0 Å². The van der Waals surface area contributed by atoms with Gasteiger partial charge in [0.1, 0.15) is 0 Å². The average Bonchev–Trinajstić information content (AvgIpc) is 1.87. The highest BCUT2D eigenvalue weighted by molar-refractivity contribution is 4.64. The molecule has 0 aromatic rings. The molecule has 1 N–H and O–H groups in total.